The van der Waals surface area contributed by atoms with Crippen molar-refractivity contribution in [1.82, 2.24) is 19.4 Å². The van der Waals surface area contributed by atoms with Gasteiger partial charge in [-0.25, -0.2) is 9.97 Å². The molecule has 1 amide bonds. The lowest BCUT2D eigenvalue weighted by molar-refractivity contribution is 0.0787. The van der Waals surface area contributed by atoms with Crippen LogP contribution >= 0.6 is 0 Å². The smallest absolute Gasteiger partial charge is 0.254 e. The van der Waals surface area contributed by atoms with Crippen molar-refractivity contribution < 1.29 is 13.9 Å². The van der Waals surface area contributed by atoms with Crippen molar-refractivity contribution >= 4 is 17.1 Å². The molecule has 5 rings (SSSR count). The Bertz CT molecular complexity index is 1210. The Kier molecular flexibility index (Phi) is 4.50. The summed E-state index contributed by atoms with van der Waals surface area (Å²) >= 11 is 0. The molecular weight excluding hydrogens is 380 g/mol. The summed E-state index contributed by atoms with van der Waals surface area (Å²) < 4.78 is 12.7. The average molecular weight is 402 g/mol. The lowest BCUT2D eigenvalue weighted by Crippen LogP contribution is -2.29. The fourth-order valence-electron chi connectivity index (χ4n) is 4.18. The van der Waals surface area contributed by atoms with Crippen molar-refractivity contribution in [3.8, 4) is 17.1 Å². The van der Waals surface area contributed by atoms with Gasteiger partial charge in [-0.3, -0.25) is 4.79 Å². The summed E-state index contributed by atoms with van der Waals surface area (Å²) in [6, 6.07) is 11.4. The maximum Gasteiger partial charge on any atom is 0.254 e. The van der Waals surface area contributed by atoms with Gasteiger partial charge in [0.15, 0.2) is 5.65 Å². The Morgan fingerprint density at radius 2 is 2.17 bits per heavy atom. The second-order valence-corrected chi connectivity index (χ2v) is 7.54. The SMILES string of the molecule is COc1ccc(C(=O)N2CC[C@@H](n3c(-c4ccoc4)nc4cccnc43)C2)c(C)c1. The molecule has 0 spiro atoms. The van der Waals surface area contributed by atoms with Crippen LogP contribution in [0, 0.1) is 6.92 Å². The molecule has 7 heteroatoms. The molecular formula is C23H22N4O3. The molecule has 1 aliphatic rings. The van der Waals surface area contributed by atoms with E-state index in [1.54, 1.807) is 25.8 Å². The van der Waals surface area contributed by atoms with E-state index in [2.05, 4.69) is 9.55 Å². The summed E-state index contributed by atoms with van der Waals surface area (Å²) in [5.74, 6) is 1.61. The molecule has 0 bridgehead atoms. The Balaban J connectivity index is 1.47. The van der Waals surface area contributed by atoms with Crippen LogP contribution in [0.2, 0.25) is 0 Å². The molecule has 1 saturated heterocycles. The average Bonchev–Trinajstić information content (AvgIpc) is 3.51. The maximum atomic E-state index is 13.2. The van der Waals surface area contributed by atoms with Gasteiger partial charge >= 0.3 is 0 Å². The number of aromatic nitrogens is 3. The fourth-order valence-corrected chi connectivity index (χ4v) is 4.18. The molecule has 1 atom stereocenters. The van der Waals surface area contributed by atoms with Crippen molar-refractivity contribution in [3.63, 3.8) is 0 Å². The van der Waals surface area contributed by atoms with Gasteiger partial charge in [-0.2, -0.15) is 0 Å². The van der Waals surface area contributed by atoms with E-state index in [-0.39, 0.29) is 11.9 Å². The number of amides is 1. The normalized spacial score (nSPS) is 16.3. The van der Waals surface area contributed by atoms with Gasteiger partial charge in [0.25, 0.3) is 5.91 Å². The minimum absolute atomic E-state index is 0.0416. The van der Waals surface area contributed by atoms with Gasteiger partial charge in [-0.05, 0) is 55.3 Å². The maximum absolute atomic E-state index is 13.2. The largest absolute Gasteiger partial charge is 0.497 e. The highest BCUT2D eigenvalue weighted by atomic mass is 16.5. The highest BCUT2D eigenvalue weighted by Gasteiger charge is 2.32. The van der Waals surface area contributed by atoms with Crippen LogP contribution < -0.4 is 4.74 Å². The van der Waals surface area contributed by atoms with Crippen LogP contribution in [0.25, 0.3) is 22.6 Å². The molecule has 0 aliphatic carbocycles. The molecule has 4 heterocycles. The summed E-state index contributed by atoms with van der Waals surface area (Å²) in [6.45, 7) is 3.23. The minimum Gasteiger partial charge on any atom is -0.497 e. The number of methoxy groups -OCH3 is 1. The second kappa shape index (κ2) is 7.33. The molecule has 0 N–H and O–H groups in total. The number of hydrogen-bond acceptors (Lipinski definition) is 5. The van der Waals surface area contributed by atoms with Gasteiger partial charge in [0.05, 0.1) is 25.0 Å². The van der Waals surface area contributed by atoms with Crippen LogP contribution in [0.1, 0.15) is 28.4 Å². The standard InChI is InChI=1S/C23H22N4O3/c1-15-12-18(29-2)5-6-19(15)23(28)26-10-7-17(13-26)27-21(16-8-11-30-14-16)25-20-4-3-9-24-22(20)27/h3-6,8-9,11-12,14,17H,7,10,13H2,1-2H3/t17-/m1/s1. The van der Waals surface area contributed by atoms with Gasteiger partial charge in [-0.15, -0.1) is 0 Å². The number of hydrogen-bond donors (Lipinski definition) is 0. The molecule has 7 nitrogen and oxygen atoms in total. The first-order chi connectivity index (χ1) is 14.7. The quantitative estimate of drug-likeness (QED) is 0.514. The lowest BCUT2D eigenvalue weighted by Gasteiger charge is -2.19. The van der Waals surface area contributed by atoms with E-state index in [0.29, 0.717) is 18.7 Å². The zero-order chi connectivity index (χ0) is 20.7. The van der Waals surface area contributed by atoms with Crippen LogP contribution in [-0.2, 0) is 0 Å². The van der Waals surface area contributed by atoms with Crippen molar-refractivity contribution in [1.29, 1.82) is 0 Å². The van der Waals surface area contributed by atoms with Gasteiger partial charge in [0.1, 0.15) is 23.4 Å². The molecule has 30 heavy (non-hydrogen) atoms. The summed E-state index contributed by atoms with van der Waals surface area (Å²) in [5.41, 5.74) is 4.19. The highest BCUT2D eigenvalue weighted by molar-refractivity contribution is 5.96. The molecule has 1 fully saturated rings. The van der Waals surface area contributed by atoms with Crippen LogP contribution in [0.3, 0.4) is 0 Å². The number of benzene rings is 1. The third-order valence-corrected chi connectivity index (χ3v) is 5.71. The van der Waals surface area contributed by atoms with Crippen LogP contribution in [-0.4, -0.2) is 45.5 Å². The number of furan rings is 1. The van der Waals surface area contributed by atoms with Gasteiger partial charge in [0, 0.05) is 24.8 Å². The summed E-state index contributed by atoms with van der Waals surface area (Å²) in [5, 5.41) is 0. The zero-order valence-corrected chi connectivity index (χ0v) is 16.9. The third kappa shape index (κ3) is 3.03. The van der Waals surface area contributed by atoms with Gasteiger partial charge < -0.3 is 18.6 Å². The molecule has 152 valence electrons. The topological polar surface area (TPSA) is 73.4 Å². The van der Waals surface area contributed by atoms with Crippen LogP contribution in [0.4, 0.5) is 0 Å². The van der Waals surface area contributed by atoms with E-state index < -0.39 is 0 Å². The predicted molar refractivity (Wildman–Crippen MR) is 113 cm³/mol. The number of imidazole rings is 1. The first-order valence-corrected chi connectivity index (χ1v) is 9.95. The van der Waals surface area contributed by atoms with Crippen LogP contribution in [0.5, 0.6) is 5.75 Å². The highest BCUT2D eigenvalue weighted by Crippen LogP contribution is 2.33. The van der Waals surface area contributed by atoms with E-state index in [0.717, 1.165) is 40.3 Å². The van der Waals surface area contributed by atoms with E-state index in [1.165, 1.54) is 0 Å². The predicted octanol–water partition coefficient (Wildman–Crippen LogP) is 4.10. The fraction of sp³-hybridized carbons (Fsp3) is 0.261. The van der Waals surface area contributed by atoms with Gasteiger partial charge in [-0.1, -0.05) is 0 Å². The number of aryl methyl sites for hydroxylation is 1. The number of likely N-dealkylation sites (tertiary alicyclic amines) is 1. The number of carbonyl (C=O) groups excluding carboxylic acids is 1. The molecule has 0 radical (unpaired) electrons. The summed E-state index contributed by atoms with van der Waals surface area (Å²) in [4.78, 5) is 24.5. The minimum atomic E-state index is 0.0416. The molecule has 0 unspecified atom stereocenters. The zero-order valence-electron chi connectivity index (χ0n) is 16.9. The van der Waals surface area contributed by atoms with Crippen LogP contribution in [0.15, 0.2) is 59.5 Å². The number of rotatable bonds is 4. The molecule has 1 aromatic carbocycles. The Morgan fingerprint density at radius 3 is 2.93 bits per heavy atom. The molecule has 4 aromatic rings. The number of fused-ring (bicyclic) bond motifs is 1. The van der Waals surface area contributed by atoms with E-state index in [9.17, 15) is 4.79 Å². The monoisotopic (exact) mass is 402 g/mol. The Labute approximate surface area is 173 Å². The van der Waals surface area contributed by atoms with Gasteiger partial charge in [0.2, 0.25) is 0 Å². The summed E-state index contributed by atoms with van der Waals surface area (Å²) in [6.07, 6.45) is 5.95. The third-order valence-electron chi connectivity index (χ3n) is 5.71. The van der Waals surface area contributed by atoms with Crippen molar-refractivity contribution in [2.24, 2.45) is 0 Å². The number of carbonyl (C=O) groups is 1. The first kappa shape index (κ1) is 18.4. The number of pyridine rings is 1. The lowest BCUT2D eigenvalue weighted by atomic mass is 10.1. The number of ether oxygens (including phenoxy) is 1. The Morgan fingerprint density at radius 1 is 1.27 bits per heavy atom. The van der Waals surface area contributed by atoms with E-state index in [1.807, 2.05) is 48.2 Å². The van der Waals surface area contributed by atoms with Crippen molar-refractivity contribution in [3.05, 3.63) is 66.2 Å². The van der Waals surface area contributed by atoms with Crippen molar-refractivity contribution in [2.45, 2.75) is 19.4 Å². The molecule has 3 aromatic heterocycles. The Hall–Kier alpha value is -3.61. The second-order valence-electron chi connectivity index (χ2n) is 7.54. The molecule has 1 aliphatic heterocycles. The van der Waals surface area contributed by atoms with E-state index in [4.69, 9.17) is 14.1 Å². The van der Waals surface area contributed by atoms with Crippen molar-refractivity contribution in [2.75, 3.05) is 20.2 Å². The molecule has 0 saturated carbocycles. The summed E-state index contributed by atoms with van der Waals surface area (Å²) in [7, 11) is 1.63. The number of nitrogens with zero attached hydrogens (tertiary/aromatic N) is 4. The first-order valence-electron chi connectivity index (χ1n) is 9.95. The van der Waals surface area contributed by atoms with E-state index >= 15 is 0 Å².